The molecule has 0 N–H and O–H groups in total. The summed E-state index contributed by atoms with van der Waals surface area (Å²) < 4.78 is 4.80. The molecule has 1 heterocycles. The maximum absolute atomic E-state index is 4.80. The van der Waals surface area contributed by atoms with Crippen molar-refractivity contribution in [2.45, 2.75) is 26.7 Å². The van der Waals surface area contributed by atoms with Gasteiger partial charge < -0.3 is 4.74 Å². The average molecular weight is 176 g/mol. The van der Waals surface area contributed by atoms with Crippen molar-refractivity contribution >= 4 is 0 Å². The smallest absolute Gasteiger partial charge is 0.0823 e. The van der Waals surface area contributed by atoms with Crippen LogP contribution in [-0.4, -0.2) is 26.9 Å². The third kappa shape index (κ3) is 9.88. The first-order valence-electron chi connectivity index (χ1n) is 4.50. The maximum atomic E-state index is 4.80. The Labute approximate surface area is 74.9 Å². The third-order valence-electron chi connectivity index (χ3n) is 1.29. The molecule has 0 radical (unpaired) electrons. The molecule has 0 unspecified atom stereocenters. The average Bonchev–Trinajstić information content (AvgIpc) is 2.08. The SMILES string of the molecule is C1CCOOC1.COCC(C)C. The second-order valence-corrected chi connectivity index (χ2v) is 3.20. The molecule has 0 saturated carbocycles. The molecule has 12 heavy (non-hydrogen) atoms. The van der Waals surface area contributed by atoms with Crippen LogP contribution in [0.4, 0.5) is 0 Å². The Morgan fingerprint density at radius 3 is 1.75 bits per heavy atom. The molecule has 0 aromatic rings. The molecule has 0 atom stereocenters. The predicted octanol–water partition coefficient (Wildman–Crippen LogP) is 2.02. The Morgan fingerprint density at radius 1 is 1.17 bits per heavy atom. The largest absolute Gasteiger partial charge is 0.384 e. The molecule has 1 rings (SSSR count). The highest BCUT2D eigenvalue weighted by molar-refractivity contribution is 4.36. The first-order valence-corrected chi connectivity index (χ1v) is 4.50. The van der Waals surface area contributed by atoms with Crippen molar-refractivity contribution < 1.29 is 14.5 Å². The van der Waals surface area contributed by atoms with Crippen molar-refractivity contribution in [2.75, 3.05) is 26.9 Å². The van der Waals surface area contributed by atoms with E-state index in [9.17, 15) is 0 Å². The van der Waals surface area contributed by atoms with Crippen LogP contribution >= 0.6 is 0 Å². The van der Waals surface area contributed by atoms with Gasteiger partial charge in [0, 0.05) is 13.7 Å². The molecule has 74 valence electrons. The molecule has 0 aromatic heterocycles. The maximum Gasteiger partial charge on any atom is 0.0823 e. The lowest BCUT2D eigenvalue weighted by molar-refractivity contribution is -0.312. The summed E-state index contributed by atoms with van der Waals surface area (Å²) in [5.74, 6) is 0.676. The van der Waals surface area contributed by atoms with Crippen LogP contribution in [0.25, 0.3) is 0 Å². The van der Waals surface area contributed by atoms with Gasteiger partial charge in [0.2, 0.25) is 0 Å². The van der Waals surface area contributed by atoms with E-state index >= 15 is 0 Å². The summed E-state index contributed by atoms with van der Waals surface area (Å²) in [5, 5.41) is 0. The molecule has 0 spiro atoms. The fourth-order valence-corrected chi connectivity index (χ4v) is 0.773. The van der Waals surface area contributed by atoms with Gasteiger partial charge in [-0.1, -0.05) is 13.8 Å². The molecule has 1 aliphatic rings. The van der Waals surface area contributed by atoms with Gasteiger partial charge in [0.05, 0.1) is 13.2 Å². The van der Waals surface area contributed by atoms with E-state index < -0.39 is 0 Å². The number of hydrogen-bond acceptors (Lipinski definition) is 3. The standard InChI is InChI=1S/C5H12O.C4H8O2/c1-5(2)4-6-3;1-2-4-6-5-3-1/h5H,4H2,1-3H3;1-4H2. The molecule has 0 aliphatic carbocycles. The van der Waals surface area contributed by atoms with E-state index in [0.717, 1.165) is 32.7 Å². The summed E-state index contributed by atoms with van der Waals surface area (Å²) in [4.78, 5) is 9.14. The van der Waals surface area contributed by atoms with Crippen LogP contribution in [-0.2, 0) is 14.5 Å². The molecule has 3 nitrogen and oxygen atoms in total. The van der Waals surface area contributed by atoms with Gasteiger partial charge in [-0.3, -0.25) is 0 Å². The van der Waals surface area contributed by atoms with Crippen molar-refractivity contribution in [3.8, 4) is 0 Å². The van der Waals surface area contributed by atoms with Crippen LogP contribution in [0.1, 0.15) is 26.7 Å². The first kappa shape index (κ1) is 11.9. The minimum absolute atomic E-state index is 0.676. The first-order chi connectivity index (χ1) is 5.77. The van der Waals surface area contributed by atoms with Crippen LogP contribution in [0, 0.1) is 5.92 Å². The quantitative estimate of drug-likeness (QED) is 0.602. The van der Waals surface area contributed by atoms with Gasteiger partial charge >= 0.3 is 0 Å². The zero-order valence-corrected chi connectivity index (χ0v) is 8.34. The summed E-state index contributed by atoms with van der Waals surface area (Å²) in [7, 11) is 1.72. The molecule has 0 bridgehead atoms. The highest BCUT2D eigenvalue weighted by Gasteiger charge is 1.95. The monoisotopic (exact) mass is 176 g/mol. The Kier molecular flexibility index (Phi) is 8.88. The second kappa shape index (κ2) is 8.97. The van der Waals surface area contributed by atoms with Gasteiger partial charge in [-0.25, -0.2) is 9.78 Å². The van der Waals surface area contributed by atoms with Crippen LogP contribution in [0.2, 0.25) is 0 Å². The topological polar surface area (TPSA) is 27.7 Å². The van der Waals surface area contributed by atoms with Crippen molar-refractivity contribution in [1.82, 2.24) is 0 Å². The van der Waals surface area contributed by atoms with E-state index in [1.54, 1.807) is 7.11 Å². The molecular formula is C9H20O3. The van der Waals surface area contributed by atoms with Gasteiger partial charge in [0.15, 0.2) is 0 Å². The second-order valence-electron chi connectivity index (χ2n) is 3.20. The highest BCUT2D eigenvalue weighted by Crippen LogP contribution is 1.97. The molecule has 1 aliphatic heterocycles. The van der Waals surface area contributed by atoms with Crippen molar-refractivity contribution in [3.63, 3.8) is 0 Å². The van der Waals surface area contributed by atoms with E-state index in [4.69, 9.17) is 4.74 Å². The van der Waals surface area contributed by atoms with Gasteiger partial charge in [0.25, 0.3) is 0 Å². The zero-order valence-electron chi connectivity index (χ0n) is 8.34. The molecule has 0 amide bonds. The normalized spacial score (nSPS) is 17.0. The summed E-state index contributed by atoms with van der Waals surface area (Å²) in [5.41, 5.74) is 0. The molecular weight excluding hydrogens is 156 g/mol. The third-order valence-corrected chi connectivity index (χ3v) is 1.29. The summed E-state index contributed by atoms with van der Waals surface area (Å²) >= 11 is 0. The number of rotatable bonds is 2. The Balaban J connectivity index is 0.000000202. The minimum Gasteiger partial charge on any atom is -0.384 e. The lowest BCUT2D eigenvalue weighted by Gasteiger charge is -2.07. The van der Waals surface area contributed by atoms with Gasteiger partial charge in [-0.2, -0.15) is 0 Å². The summed E-state index contributed by atoms with van der Waals surface area (Å²) in [6, 6.07) is 0. The fourth-order valence-electron chi connectivity index (χ4n) is 0.773. The lowest BCUT2D eigenvalue weighted by atomic mass is 10.2. The Hall–Kier alpha value is -0.120. The summed E-state index contributed by atoms with van der Waals surface area (Å²) in [6.45, 7) is 6.69. The lowest BCUT2D eigenvalue weighted by Crippen LogP contribution is -2.05. The fraction of sp³-hybridized carbons (Fsp3) is 1.00. The number of methoxy groups -OCH3 is 1. The van der Waals surface area contributed by atoms with Crippen molar-refractivity contribution in [2.24, 2.45) is 5.92 Å². The van der Waals surface area contributed by atoms with Crippen molar-refractivity contribution in [1.29, 1.82) is 0 Å². The van der Waals surface area contributed by atoms with Crippen LogP contribution in [0.3, 0.4) is 0 Å². The number of hydrogen-bond donors (Lipinski definition) is 0. The van der Waals surface area contributed by atoms with Gasteiger partial charge in [-0.05, 0) is 18.8 Å². The van der Waals surface area contributed by atoms with Crippen LogP contribution in [0.15, 0.2) is 0 Å². The van der Waals surface area contributed by atoms with Crippen molar-refractivity contribution in [3.05, 3.63) is 0 Å². The van der Waals surface area contributed by atoms with Crippen LogP contribution in [0.5, 0.6) is 0 Å². The summed E-state index contributed by atoms with van der Waals surface area (Å²) in [6.07, 6.45) is 2.31. The van der Waals surface area contributed by atoms with E-state index in [2.05, 4.69) is 23.6 Å². The minimum atomic E-state index is 0.676. The molecule has 3 heteroatoms. The van der Waals surface area contributed by atoms with E-state index in [1.165, 1.54) is 0 Å². The number of ether oxygens (including phenoxy) is 1. The molecule has 1 saturated heterocycles. The molecule has 0 aromatic carbocycles. The predicted molar refractivity (Wildman–Crippen MR) is 47.9 cm³/mol. The van der Waals surface area contributed by atoms with E-state index in [1.807, 2.05) is 0 Å². The van der Waals surface area contributed by atoms with Crippen LogP contribution < -0.4 is 0 Å². The highest BCUT2D eigenvalue weighted by atomic mass is 17.2. The Bertz CT molecular complexity index is 68.3. The van der Waals surface area contributed by atoms with E-state index in [0.29, 0.717) is 5.92 Å². The molecule has 1 fully saturated rings. The van der Waals surface area contributed by atoms with Gasteiger partial charge in [0.1, 0.15) is 0 Å². The zero-order chi connectivity index (χ0) is 9.23. The van der Waals surface area contributed by atoms with E-state index in [-0.39, 0.29) is 0 Å². The Morgan fingerprint density at radius 2 is 1.67 bits per heavy atom. The van der Waals surface area contributed by atoms with Gasteiger partial charge in [-0.15, -0.1) is 0 Å².